The first-order valence-electron chi connectivity index (χ1n) is 7.06. The molecule has 0 N–H and O–H groups in total. The number of rotatable bonds is 8. The number of hydrogen-bond acceptors (Lipinski definition) is 2. The van der Waals surface area contributed by atoms with E-state index in [9.17, 15) is 0 Å². The van der Waals surface area contributed by atoms with Crippen molar-refractivity contribution in [1.82, 2.24) is 0 Å². The molecule has 22 heavy (non-hydrogen) atoms. The summed E-state index contributed by atoms with van der Waals surface area (Å²) in [7, 11) is 0. The molecule has 2 aromatic carbocycles. The average Bonchev–Trinajstić information content (AvgIpc) is 2.56. The fraction of sp³-hybridized carbons (Fsp3) is 0.158. The van der Waals surface area contributed by atoms with Gasteiger partial charge in [-0.1, -0.05) is 55.1 Å². The number of para-hydroxylation sites is 1. The monoisotopic (exact) mass is 406 g/mol. The third kappa shape index (κ3) is 4.45. The zero-order valence-corrected chi connectivity index (χ0v) is 14.5. The maximum atomic E-state index is 6.04. The van der Waals surface area contributed by atoms with E-state index in [0.29, 0.717) is 13.2 Å². The summed E-state index contributed by atoms with van der Waals surface area (Å²) in [6, 6.07) is 16.0. The lowest BCUT2D eigenvalue weighted by Crippen LogP contribution is -2.06. The lowest BCUT2D eigenvalue weighted by Gasteiger charge is -2.18. The third-order valence-corrected chi connectivity index (χ3v) is 4.22. The fourth-order valence-electron chi connectivity index (χ4n) is 2.08. The molecule has 1 unspecified atom stereocenters. The fourth-order valence-corrected chi connectivity index (χ4v) is 2.62. The van der Waals surface area contributed by atoms with E-state index in [-0.39, 0.29) is 6.10 Å². The molecule has 0 aromatic heterocycles. The lowest BCUT2D eigenvalue weighted by atomic mass is 10.1. The van der Waals surface area contributed by atoms with Crippen molar-refractivity contribution in [1.29, 1.82) is 0 Å². The second-order valence-electron chi connectivity index (χ2n) is 4.70. The molecule has 3 heteroatoms. The van der Waals surface area contributed by atoms with Crippen LogP contribution in [0.5, 0.6) is 5.75 Å². The standard InChI is InChI=1S/C19H19IO2/c1-3-13-21-19-12-8-6-10-16(19)18(4-2)22-14-15-9-5-7-11-17(15)20/h3-12,18H,1-2,13-14H2. The number of benzene rings is 2. The summed E-state index contributed by atoms with van der Waals surface area (Å²) in [6.07, 6.45) is 3.32. The summed E-state index contributed by atoms with van der Waals surface area (Å²) in [5.41, 5.74) is 2.14. The van der Waals surface area contributed by atoms with E-state index in [1.807, 2.05) is 36.4 Å². The first-order chi connectivity index (χ1) is 10.8. The average molecular weight is 406 g/mol. The zero-order chi connectivity index (χ0) is 15.8. The second-order valence-corrected chi connectivity index (χ2v) is 5.86. The van der Waals surface area contributed by atoms with Crippen LogP contribution in [0.15, 0.2) is 73.8 Å². The molecule has 0 heterocycles. The van der Waals surface area contributed by atoms with Crippen LogP contribution in [0.1, 0.15) is 17.2 Å². The summed E-state index contributed by atoms with van der Waals surface area (Å²) >= 11 is 2.32. The van der Waals surface area contributed by atoms with Crippen molar-refractivity contribution in [2.24, 2.45) is 0 Å². The van der Waals surface area contributed by atoms with Crippen LogP contribution in [0.3, 0.4) is 0 Å². The highest BCUT2D eigenvalue weighted by atomic mass is 127. The van der Waals surface area contributed by atoms with Gasteiger partial charge in [-0.2, -0.15) is 0 Å². The first kappa shape index (κ1) is 16.8. The Morgan fingerprint density at radius 2 is 1.77 bits per heavy atom. The highest BCUT2D eigenvalue weighted by Crippen LogP contribution is 2.29. The van der Waals surface area contributed by atoms with Crippen molar-refractivity contribution in [3.05, 3.63) is 88.5 Å². The van der Waals surface area contributed by atoms with Crippen LogP contribution in [0, 0.1) is 3.57 Å². The Kier molecular flexibility index (Phi) is 6.68. The minimum absolute atomic E-state index is 0.211. The quantitative estimate of drug-likeness (QED) is 0.438. The Morgan fingerprint density at radius 3 is 2.50 bits per heavy atom. The van der Waals surface area contributed by atoms with Gasteiger partial charge in [-0.15, -0.1) is 6.58 Å². The minimum atomic E-state index is -0.211. The van der Waals surface area contributed by atoms with Crippen LogP contribution in [0.4, 0.5) is 0 Å². The minimum Gasteiger partial charge on any atom is -0.489 e. The van der Waals surface area contributed by atoms with Gasteiger partial charge in [0.25, 0.3) is 0 Å². The topological polar surface area (TPSA) is 18.5 Å². The van der Waals surface area contributed by atoms with Crippen molar-refractivity contribution in [3.63, 3.8) is 0 Å². The van der Waals surface area contributed by atoms with Gasteiger partial charge in [0.1, 0.15) is 18.5 Å². The zero-order valence-electron chi connectivity index (χ0n) is 12.4. The maximum Gasteiger partial charge on any atom is 0.125 e. The molecule has 0 aliphatic carbocycles. The predicted molar refractivity (Wildman–Crippen MR) is 99.0 cm³/mol. The highest BCUT2D eigenvalue weighted by Gasteiger charge is 2.14. The molecule has 0 aliphatic heterocycles. The maximum absolute atomic E-state index is 6.04. The van der Waals surface area contributed by atoms with Crippen LogP contribution in [0.25, 0.3) is 0 Å². The summed E-state index contributed by atoms with van der Waals surface area (Å²) < 4.78 is 12.9. The van der Waals surface area contributed by atoms with E-state index in [1.165, 1.54) is 9.13 Å². The Balaban J connectivity index is 2.13. The molecular formula is C19H19IO2. The Morgan fingerprint density at radius 1 is 1.05 bits per heavy atom. The molecule has 0 aliphatic rings. The summed E-state index contributed by atoms with van der Waals surface area (Å²) in [4.78, 5) is 0. The van der Waals surface area contributed by atoms with Crippen molar-refractivity contribution >= 4 is 22.6 Å². The lowest BCUT2D eigenvalue weighted by molar-refractivity contribution is 0.0697. The van der Waals surface area contributed by atoms with E-state index >= 15 is 0 Å². The normalized spacial score (nSPS) is 11.7. The molecule has 2 rings (SSSR count). The number of hydrogen-bond donors (Lipinski definition) is 0. The van der Waals surface area contributed by atoms with Crippen LogP contribution in [0.2, 0.25) is 0 Å². The van der Waals surface area contributed by atoms with Crippen LogP contribution >= 0.6 is 22.6 Å². The van der Waals surface area contributed by atoms with Crippen LogP contribution < -0.4 is 4.74 Å². The van der Waals surface area contributed by atoms with Gasteiger partial charge in [-0.3, -0.25) is 0 Å². The van der Waals surface area contributed by atoms with E-state index in [2.05, 4.69) is 47.9 Å². The van der Waals surface area contributed by atoms with Crippen LogP contribution in [-0.2, 0) is 11.3 Å². The molecule has 1 atom stereocenters. The summed E-state index contributed by atoms with van der Waals surface area (Å²) in [6.45, 7) is 8.57. The Labute approximate surface area is 145 Å². The number of halogens is 1. The molecule has 0 spiro atoms. The third-order valence-electron chi connectivity index (χ3n) is 3.17. The van der Waals surface area contributed by atoms with Crippen molar-refractivity contribution < 1.29 is 9.47 Å². The molecule has 2 nitrogen and oxygen atoms in total. The molecule has 0 bridgehead atoms. The van der Waals surface area contributed by atoms with Gasteiger partial charge < -0.3 is 9.47 Å². The molecule has 0 saturated carbocycles. The smallest absolute Gasteiger partial charge is 0.125 e. The van der Waals surface area contributed by atoms with E-state index < -0.39 is 0 Å². The van der Waals surface area contributed by atoms with Gasteiger partial charge >= 0.3 is 0 Å². The van der Waals surface area contributed by atoms with Crippen molar-refractivity contribution in [2.45, 2.75) is 12.7 Å². The van der Waals surface area contributed by atoms with Gasteiger partial charge in [0, 0.05) is 9.13 Å². The van der Waals surface area contributed by atoms with E-state index in [1.54, 1.807) is 12.2 Å². The molecule has 0 radical (unpaired) electrons. The second kappa shape index (κ2) is 8.76. The van der Waals surface area contributed by atoms with Gasteiger partial charge in [-0.25, -0.2) is 0 Å². The van der Waals surface area contributed by atoms with Gasteiger partial charge in [-0.05, 0) is 40.3 Å². The molecule has 0 fully saturated rings. The van der Waals surface area contributed by atoms with Gasteiger partial charge in [0.05, 0.1) is 6.61 Å². The SMILES string of the molecule is C=CCOc1ccccc1C(C=C)OCc1ccccc1I. The largest absolute Gasteiger partial charge is 0.489 e. The molecule has 114 valence electrons. The summed E-state index contributed by atoms with van der Waals surface area (Å²) in [5.74, 6) is 0.801. The number of ether oxygens (including phenoxy) is 2. The van der Waals surface area contributed by atoms with Crippen LogP contribution in [-0.4, -0.2) is 6.61 Å². The van der Waals surface area contributed by atoms with E-state index in [0.717, 1.165) is 11.3 Å². The molecule has 0 amide bonds. The molecular weight excluding hydrogens is 387 g/mol. The van der Waals surface area contributed by atoms with Crippen molar-refractivity contribution in [2.75, 3.05) is 6.61 Å². The van der Waals surface area contributed by atoms with Gasteiger partial charge in [0.2, 0.25) is 0 Å². The first-order valence-corrected chi connectivity index (χ1v) is 8.14. The van der Waals surface area contributed by atoms with Crippen molar-refractivity contribution in [3.8, 4) is 5.75 Å². The van der Waals surface area contributed by atoms with E-state index in [4.69, 9.17) is 9.47 Å². The Bertz CT molecular complexity index is 637. The predicted octanol–water partition coefficient (Wildman–Crippen LogP) is 5.30. The molecule has 2 aromatic rings. The Hall–Kier alpha value is -1.59. The van der Waals surface area contributed by atoms with Gasteiger partial charge in [0.15, 0.2) is 0 Å². The molecule has 0 saturated heterocycles. The summed E-state index contributed by atoms with van der Waals surface area (Å²) in [5, 5.41) is 0. The highest BCUT2D eigenvalue weighted by molar-refractivity contribution is 14.1.